The molecule has 0 radical (unpaired) electrons. The lowest BCUT2D eigenvalue weighted by molar-refractivity contribution is 0.393. The van der Waals surface area contributed by atoms with Gasteiger partial charge in [-0.3, -0.25) is 0 Å². The van der Waals surface area contributed by atoms with Crippen molar-refractivity contribution < 1.29 is 0 Å². The van der Waals surface area contributed by atoms with E-state index in [9.17, 15) is 0 Å². The van der Waals surface area contributed by atoms with Gasteiger partial charge in [0.25, 0.3) is 0 Å². The van der Waals surface area contributed by atoms with Gasteiger partial charge in [0.2, 0.25) is 0 Å². The minimum atomic E-state index is -0.0844. The molecule has 0 amide bonds. The Morgan fingerprint density at radius 1 is 1.44 bits per heavy atom. The number of hydrogen-bond donors (Lipinski definition) is 1. The van der Waals surface area contributed by atoms with Crippen LogP contribution in [-0.4, -0.2) is 5.54 Å². The van der Waals surface area contributed by atoms with Crippen LogP contribution in [0.15, 0.2) is 18.2 Å². The predicted molar refractivity (Wildman–Crippen MR) is 70.0 cm³/mol. The third kappa shape index (κ3) is 2.78. The van der Waals surface area contributed by atoms with Gasteiger partial charge in [0, 0.05) is 10.6 Å². The number of rotatable bonds is 2. The maximum absolute atomic E-state index is 6.13. The van der Waals surface area contributed by atoms with Crippen LogP contribution in [0.2, 0.25) is 5.02 Å². The van der Waals surface area contributed by atoms with Crippen molar-refractivity contribution in [2.45, 2.75) is 51.0 Å². The highest BCUT2D eigenvalue weighted by molar-refractivity contribution is 6.30. The molecular weight excluding hydrogens is 218 g/mol. The van der Waals surface area contributed by atoms with Crippen LogP contribution in [0.5, 0.6) is 0 Å². The number of aryl methyl sites for hydroxylation is 1. The molecule has 1 unspecified atom stereocenters. The lowest BCUT2D eigenvalue weighted by Crippen LogP contribution is -2.34. The molecule has 1 aromatic rings. The summed E-state index contributed by atoms with van der Waals surface area (Å²) in [7, 11) is 0. The number of halogens is 1. The fourth-order valence-corrected chi connectivity index (χ4v) is 2.93. The molecule has 1 aromatic carbocycles. The first kappa shape index (κ1) is 11.9. The monoisotopic (exact) mass is 237 g/mol. The van der Waals surface area contributed by atoms with Crippen molar-refractivity contribution in [3.8, 4) is 0 Å². The van der Waals surface area contributed by atoms with E-state index in [1.165, 1.54) is 24.0 Å². The molecule has 88 valence electrons. The van der Waals surface area contributed by atoms with Crippen molar-refractivity contribution in [3.63, 3.8) is 0 Å². The van der Waals surface area contributed by atoms with E-state index in [4.69, 9.17) is 17.3 Å². The Kier molecular flexibility index (Phi) is 3.27. The third-order valence-corrected chi connectivity index (χ3v) is 3.55. The summed E-state index contributed by atoms with van der Waals surface area (Å²) < 4.78 is 0. The van der Waals surface area contributed by atoms with Crippen molar-refractivity contribution in [2.75, 3.05) is 0 Å². The molecule has 2 rings (SSSR count). The Bertz CT molecular complexity index is 379. The summed E-state index contributed by atoms with van der Waals surface area (Å²) in [6, 6.07) is 6.31. The number of hydrogen-bond acceptors (Lipinski definition) is 1. The highest BCUT2D eigenvalue weighted by Crippen LogP contribution is 2.37. The van der Waals surface area contributed by atoms with Gasteiger partial charge in [-0.15, -0.1) is 0 Å². The summed E-state index contributed by atoms with van der Waals surface area (Å²) in [6.07, 6.45) is 4.74. The van der Waals surface area contributed by atoms with Gasteiger partial charge in [0.05, 0.1) is 0 Å². The SMILES string of the molecule is CC(C)(N)CC1CCCc2cc(Cl)ccc21. The zero-order valence-corrected chi connectivity index (χ0v) is 10.8. The van der Waals surface area contributed by atoms with Crippen LogP contribution in [0.1, 0.15) is 50.2 Å². The van der Waals surface area contributed by atoms with E-state index in [-0.39, 0.29) is 5.54 Å². The van der Waals surface area contributed by atoms with E-state index in [2.05, 4.69) is 26.0 Å². The van der Waals surface area contributed by atoms with Crippen LogP contribution in [-0.2, 0) is 6.42 Å². The average molecular weight is 238 g/mol. The van der Waals surface area contributed by atoms with Crippen LogP contribution in [0.25, 0.3) is 0 Å². The Morgan fingerprint density at radius 3 is 2.88 bits per heavy atom. The summed E-state index contributed by atoms with van der Waals surface area (Å²) >= 11 is 6.03. The van der Waals surface area contributed by atoms with Gasteiger partial charge >= 0.3 is 0 Å². The Hall–Kier alpha value is -0.530. The molecule has 0 heterocycles. The van der Waals surface area contributed by atoms with E-state index in [1.54, 1.807) is 0 Å². The van der Waals surface area contributed by atoms with Crippen molar-refractivity contribution in [2.24, 2.45) is 5.73 Å². The van der Waals surface area contributed by atoms with Crippen LogP contribution < -0.4 is 5.73 Å². The molecular formula is C14H20ClN. The molecule has 0 spiro atoms. The van der Waals surface area contributed by atoms with Crippen LogP contribution in [0.3, 0.4) is 0 Å². The Morgan fingerprint density at radius 2 is 2.19 bits per heavy atom. The van der Waals surface area contributed by atoms with Gasteiger partial charge < -0.3 is 5.73 Å². The zero-order valence-electron chi connectivity index (χ0n) is 10.1. The molecule has 2 N–H and O–H groups in total. The van der Waals surface area contributed by atoms with Crippen molar-refractivity contribution in [1.29, 1.82) is 0 Å². The first-order valence-corrected chi connectivity index (χ1v) is 6.41. The fourth-order valence-electron chi connectivity index (χ4n) is 2.73. The largest absolute Gasteiger partial charge is 0.326 e. The van der Waals surface area contributed by atoms with Gasteiger partial charge in [-0.25, -0.2) is 0 Å². The van der Waals surface area contributed by atoms with E-state index in [1.807, 2.05) is 6.07 Å². The van der Waals surface area contributed by atoms with E-state index in [0.29, 0.717) is 5.92 Å². The first-order valence-electron chi connectivity index (χ1n) is 6.03. The molecule has 1 nitrogen and oxygen atoms in total. The normalized spacial score (nSPS) is 20.6. The molecule has 1 aliphatic carbocycles. The van der Waals surface area contributed by atoms with Crippen molar-refractivity contribution in [1.82, 2.24) is 0 Å². The van der Waals surface area contributed by atoms with Gasteiger partial charge in [0.1, 0.15) is 0 Å². The summed E-state index contributed by atoms with van der Waals surface area (Å²) in [5.74, 6) is 0.612. The predicted octanol–water partition coefficient (Wildman–Crippen LogP) is 3.89. The number of fused-ring (bicyclic) bond motifs is 1. The summed E-state index contributed by atoms with van der Waals surface area (Å²) in [5, 5.41) is 0.853. The van der Waals surface area contributed by atoms with E-state index < -0.39 is 0 Å². The van der Waals surface area contributed by atoms with Crippen LogP contribution in [0, 0.1) is 0 Å². The minimum Gasteiger partial charge on any atom is -0.326 e. The van der Waals surface area contributed by atoms with Crippen LogP contribution in [0.4, 0.5) is 0 Å². The van der Waals surface area contributed by atoms with Crippen molar-refractivity contribution >= 4 is 11.6 Å². The fraction of sp³-hybridized carbons (Fsp3) is 0.571. The Labute approximate surface area is 103 Å². The zero-order chi connectivity index (χ0) is 11.8. The molecule has 2 heteroatoms. The third-order valence-electron chi connectivity index (χ3n) is 3.32. The van der Waals surface area contributed by atoms with E-state index >= 15 is 0 Å². The second-order valence-electron chi connectivity index (χ2n) is 5.62. The molecule has 0 saturated heterocycles. The van der Waals surface area contributed by atoms with Gasteiger partial charge in [-0.2, -0.15) is 0 Å². The molecule has 0 aromatic heterocycles. The summed E-state index contributed by atoms with van der Waals surface area (Å²) in [4.78, 5) is 0. The second-order valence-corrected chi connectivity index (χ2v) is 6.06. The summed E-state index contributed by atoms with van der Waals surface area (Å²) in [6.45, 7) is 4.22. The summed E-state index contributed by atoms with van der Waals surface area (Å²) in [5.41, 5.74) is 8.93. The van der Waals surface area contributed by atoms with Gasteiger partial charge in [0.15, 0.2) is 0 Å². The highest BCUT2D eigenvalue weighted by Gasteiger charge is 2.25. The second kappa shape index (κ2) is 4.38. The molecule has 0 fully saturated rings. The number of nitrogens with two attached hydrogens (primary N) is 1. The molecule has 16 heavy (non-hydrogen) atoms. The molecule has 0 bridgehead atoms. The average Bonchev–Trinajstić information content (AvgIpc) is 2.15. The van der Waals surface area contributed by atoms with Crippen LogP contribution >= 0.6 is 11.6 Å². The van der Waals surface area contributed by atoms with E-state index in [0.717, 1.165) is 17.9 Å². The quantitative estimate of drug-likeness (QED) is 0.830. The highest BCUT2D eigenvalue weighted by atomic mass is 35.5. The maximum Gasteiger partial charge on any atom is 0.0408 e. The smallest absolute Gasteiger partial charge is 0.0408 e. The molecule has 0 saturated carbocycles. The molecule has 0 aliphatic heterocycles. The topological polar surface area (TPSA) is 26.0 Å². The molecule has 1 atom stereocenters. The molecule has 1 aliphatic rings. The maximum atomic E-state index is 6.13. The minimum absolute atomic E-state index is 0.0844. The van der Waals surface area contributed by atoms with Crippen molar-refractivity contribution in [3.05, 3.63) is 34.3 Å². The number of benzene rings is 1. The van der Waals surface area contributed by atoms with Gasteiger partial charge in [-0.1, -0.05) is 17.7 Å². The Balaban J connectivity index is 2.26. The lowest BCUT2D eigenvalue weighted by atomic mass is 9.77. The van der Waals surface area contributed by atoms with Gasteiger partial charge in [-0.05, 0) is 68.7 Å². The first-order chi connectivity index (χ1) is 7.46. The standard InChI is InChI=1S/C14H20ClN/c1-14(2,16)9-11-5-3-4-10-8-12(15)6-7-13(10)11/h6-8,11H,3-5,9,16H2,1-2H3. The lowest BCUT2D eigenvalue weighted by Gasteiger charge is -2.31.